The highest BCUT2D eigenvalue weighted by Gasteiger charge is 2.00. The van der Waals surface area contributed by atoms with Crippen molar-refractivity contribution < 1.29 is 9.57 Å². The normalized spacial score (nSPS) is 10.8. The lowest BCUT2D eigenvalue weighted by Crippen LogP contribution is -2.19. The molecule has 1 N–H and O–H groups in total. The molecule has 1 aromatic rings. The lowest BCUT2D eigenvalue weighted by Gasteiger charge is -2.07. The fourth-order valence-corrected chi connectivity index (χ4v) is 1.25. The SMILES string of the molecule is CCCn1nccc1CNOCCOC. The summed E-state index contributed by atoms with van der Waals surface area (Å²) in [5.41, 5.74) is 4.01. The molecule has 0 aromatic carbocycles. The van der Waals surface area contributed by atoms with Gasteiger partial charge in [0.25, 0.3) is 0 Å². The summed E-state index contributed by atoms with van der Waals surface area (Å²) >= 11 is 0. The third-order valence-electron chi connectivity index (χ3n) is 1.98. The van der Waals surface area contributed by atoms with Crippen LogP contribution in [0.25, 0.3) is 0 Å². The van der Waals surface area contributed by atoms with Crippen LogP contribution in [0.3, 0.4) is 0 Å². The van der Waals surface area contributed by atoms with Gasteiger partial charge in [-0.3, -0.25) is 9.52 Å². The second kappa shape index (κ2) is 7.39. The first kappa shape index (κ1) is 12.2. The van der Waals surface area contributed by atoms with Crippen LogP contribution in [0.5, 0.6) is 0 Å². The maximum atomic E-state index is 5.16. The summed E-state index contributed by atoms with van der Waals surface area (Å²) in [7, 11) is 1.65. The Labute approximate surface area is 90.3 Å². The van der Waals surface area contributed by atoms with Crippen LogP contribution in [0.1, 0.15) is 19.0 Å². The Morgan fingerprint density at radius 1 is 1.47 bits per heavy atom. The maximum Gasteiger partial charge on any atom is 0.0916 e. The van der Waals surface area contributed by atoms with Crippen LogP contribution in [-0.4, -0.2) is 30.1 Å². The van der Waals surface area contributed by atoms with Crippen molar-refractivity contribution in [1.82, 2.24) is 15.3 Å². The number of hydrogen-bond donors (Lipinski definition) is 1. The zero-order valence-electron chi connectivity index (χ0n) is 9.40. The number of rotatable bonds is 8. The molecule has 1 aromatic heterocycles. The van der Waals surface area contributed by atoms with Gasteiger partial charge < -0.3 is 4.74 Å². The monoisotopic (exact) mass is 213 g/mol. The van der Waals surface area contributed by atoms with Gasteiger partial charge in [-0.2, -0.15) is 10.6 Å². The molecule has 0 saturated heterocycles. The molecule has 0 bridgehead atoms. The van der Waals surface area contributed by atoms with E-state index in [2.05, 4.69) is 17.5 Å². The number of aryl methyl sites for hydroxylation is 1. The number of methoxy groups -OCH3 is 1. The number of hydrogen-bond acceptors (Lipinski definition) is 4. The summed E-state index contributed by atoms with van der Waals surface area (Å²) in [5, 5.41) is 4.22. The van der Waals surface area contributed by atoms with Gasteiger partial charge in [0.15, 0.2) is 0 Å². The fraction of sp³-hybridized carbons (Fsp3) is 0.700. The van der Waals surface area contributed by atoms with Gasteiger partial charge >= 0.3 is 0 Å². The predicted molar refractivity (Wildman–Crippen MR) is 57.2 cm³/mol. The highest BCUT2D eigenvalue weighted by molar-refractivity contribution is 4.99. The molecule has 15 heavy (non-hydrogen) atoms. The van der Waals surface area contributed by atoms with Crippen LogP contribution in [0.15, 0.2) is 12.3 Å². The number of nitrogens with one attached hydrogen (secondary N) is 1. The first-order valence-corrected chi connectivity index (χ1v) is 5.22. The molecule has 1 heterocycles. The van der Waals surface area contributed by atoms with Gasteiger partial charge in [-0.1, -0.05) is 6.92 Å². The Bertz CT molecular complexity index is 263. The Balaban J connectivity index is 2.21. The molecule has 1 rings (SSSR count). The van der Waals surface area contributed by atoms with E-state index in [9.17, 15) is 0 Å². The molecule has 5 nitrogen and oxygen atoms in total. The highest BCUT2D eigenvalue weighted by Crippen LogP contribution is 1.99. The quantitative estimate of drug-likeness (QED) is 0.516. The van der Waals surface area contributed by atoms with Crippen molar-refractivity contribution in [1.29, 1.82) is 0 Å². The van der Waals surface area contributed by atoms with Crippen LogP contribution >= 0.6 is 0 Å². The molecule has 5 heteroatoms. The Kier molecular flexibility index (Phi) is 5.99. The van der Waals surface area contributed by atoms with E-state index >= 15 is 0 Å². The van der Waals surface area contributed by atoms with Gasteiger partial charge in [-0.15, -0.1) is 0 Å². The van der Waals surface area contributed by atoms with E-state index in [1.54, 1.807) is 7.11 Å². The van der Waals surface area contributed by atoms with Crippen LogP contribution in [-0.2, 0) is 22.7 Å². The van der Waals surface area contributed by atoms with E-state index in [-0.39, 0.29) is 0 Å². The van der Waals surface area contributed by atoms with Crippen molar-refractivity contribution in [3.63, 3.8) is 0 Å². The van der Waals surface area contributed by atoms with E-state index in [1.807, 2.05) is 16.9 Å². The highest BCUT2D eigenvalue weighted by atomic mass is 16.7. The average Bonchev–Trinajstić information content (AvgIpc) is 2.66. The molecule has 0 saturated carbocycles. The zero-order valence-corrected chi connectivity index (χ0v) is 9.40. The molecule has 0 atom stereocenters. The van der Waals surface area contributed by atoms with E-state index in [4.69, 9.17) is 9.57 Å². The van der Waals surface area contributed by atoms with E-state index in [0.29, 0.717) is 19.8 Å². The molecular weight excluding hydrogens is 194 g/mol. The summed E-state index contributed by atoms with van der Waals surface area (Å²) in [6.45, 7) is 4.90. The number of nitrogens with zero attached hydrogens (tertiary/aromatic N) is 2. The summed E-state index contributed by atoms with van der Waals surface area (Å²) in [5.74, 6) is 0. The smallest absolute Gasteiger partial charge is 0.0916 e. The van der Waals surface area contributed by atoms with Gasteiger partial charge in [0, 0.05) is 19.9 Å². The zero-order chi connectivity index (χ0) is 10.9. The molecule has 0 radical (unpaired) electrons. The average molecular weight is 213 g/mol. The molecule has 0 aliphatic heterocycles. The summed E-state index contributed by atoms with van der Waals surface area (Å²) in [4.78, 5) is 5.16. The molecule has 0 spiro atoms. The lowest BCUT2D eigenvalue weighted by atomic mass is 10.4. The van der Waals surface area contributed by atoms with Gasteiger partial charge in [0.05, 0.1) is 25.5 Å². The van der Waals surface area contributed by atoms with Crippen LogP contribution < -0.4 is 5.48 Å². The Morgan fingerprint density at radius 3 is 3.07 bits per heavy atom. The molecule has 0 aliphatic carbocycles. The molecular formula is C10H19N3O2. The van der Waals surface area contributed by atoms with Gasteiger partial charge in [-0.05, 0) is 12.5 Å². The van der Waals surface area contributed by atoms with Crippen molar-refractivity contribution in [2.45, 2.75) is 26.4 Å². The minimum Gasteiger partial charge on any atom is -0.382 e. The van der Waals surface area contributed by atoms with Crippen LogP contribution in [0.2, 0.25) is 0 Å². The summed E-state index contributed by atoms with van der Waals surface area (Å²) in [6.07, 6.45) is 2.89. The van der Waals surface area contributed by atoms with Crippen molar-refractivity contribution in [2.75, 3.05) is 20.3 Å². The van der Waals surface area contributed by atoms with E-state index in [1.165, 1.54) is 0 Å². The second-order valence-corrected chi connectivity index (χ2v) is 3.21. The number of ether oxygens (including phenoxy) is 1. The molecule has 0 unspecified atom stereocenters. The lowest BCUT2D eigenvalue weighted by molar-refractivity contribution is 0.00246. The third kappa shape index (κ3) is 4.42. The van der Waals surface area contributed by atoms with Gasteiger partial charge in [0.1, 0.15) is 0 Å². The second-order valence-electron chi connectivity index (χ2n) is 3.21. The molecule has 0 amide bonds. The van der Waals surface area contributed by atoms with Crippen LogP contribution in [0, 0.1) is 0 Å². The number of aromatic nitrogens is 2. The molecule has 86 valence electrons. The standard InChI is InChI=1S/C10H19N3O2/c1-3-6-13-10(4-5-11-13)9-12-15-8-7-14-2/h4-5,12H,3,6-9H2,1-2H3. The van der Waals surface area contributed by atoms with E-state index < -0.39 is 0 Å². The largest absolute Gasteiger partial charge is 0.382 e. The minimum atomic E-state index is 0.554. The fourth-order valence-electron chi connectivity index (χ4n) is 1.25. The predicted octanol–water partition coefficient (Wildman–Crippen LogP) is 0.961. The topological polar surface area (TPSA) is 48.3 Å². The Hall–Kier alpha value is -0.910. The summed E-state index contributed by atoms with van der Waals surface area (Å²) in [6, 6.07) is 1.99. The molecule has 0 aliphatic rings. The van der Waals surface area contributed by atoms with Gasteiger partial charge in [0.2, 0.25) is 0 Å². The van der Waals surface area contributed by atoms with Crippen molar-refractivity contribution in [3.8, 4) is 0 Å². The van der Waals surface area contributed by atoms with Gasteiger partial charge in [-0.25, -0.2) is 0 Å². The van der Waals surface area contributed by atoms with E-state index in [0.717, 1.165) is 18.7 Å². The third-order valence-corrected chi connectivity index (χ3v) is 1.98. The first-order chi connectivity index (χ1) is 7.38. The molecule has 0 fully saturated rings. The van der Waals surface area contributed by atoms with Crippen LogP contribution in [0.4, 0.5) is 0 Å². The summed E-state index contributed by atoms with van der Waals surface area (Å²) < 4.78 is 6.84. The van der Waals surface area contributed by atoms with Crippen molar-refractivity contribution >= 4 is 0 Å². The maximum absolute atomic E-state index is 5.16. The number of hydroxylamine groups is 1. The van der Waals surface area contributed by atoms with Crippen molar-refractivity contribution in [2.24, 2.45) is 0 Å². The first-order valence-electron chi connectivity index (χ1n) is 5.22. The minimum absolute atomic E-state index is 0.554. The Morgan fingerprint density at radius 2 is 2.33 bits per heavy atom. The van der Waals surface area contributed by atoms with Crippen molar-refractivity contribution in [3.05, 3.63) is 18.0 Å².